The Kier molecular flexibility index (Phi) is 2.77. The topological polar surface area (TPSA) is 57.2 Å². The number of nitrogens with two attached hydrogens (primary N) is 1. The molecule has 0 radical (unpaired) electrons. The van der Waals surface area contributed by atoms with Crippen LogP contribution in [0.5, 0.6) is 0 Å². The second kappa shape index (κ2) is 4.06. The van der Waals surface area contributed by atoms with E-state index in [1.807, 2.05) is 6.07 Å². The van der Waals surface area contributed by atoms with Crippen LogP contribution in [0.25, 0.3) is 0 Å². The Morgan fingerprint density at radius 3 is 3.07 bits per heavy atom. The third-order valence-corrected chi connectivity index (χ3v) is 2.90. The number of aromatic nitrogens is 1. The number of nitrogen functional groups attached to an aromatic ring is 1. The number of fused-ring (bicyclic) bond motifs is 1. The van der Waals surface area contributed by atoms with Gasteiger partial charge in [-0.25, -0.2) is 0 Å². The van der Waals surface area contributed by atoms with Crippen molar-refractivity contribution in [2.45, 2.75) is 25.8 Å². The fraction of sp³-hybridized carbons (Fsp3) is 0.545. The maximum Gasteiger partial charge on any atom is 0.273 e. The van der Waals surface area contributed by atoms with Crippen LogP contribution in [0.4, 0.5) is 5.69 Å². The summed E-state index contributed by atoms with van der Waals surface area (Å²) in [5.41, 5.74) is 8.34. The Bertz CT molecular complexity index is 423. The van der Waals surface area contributed by atoms with E-state index in [2.05, 4.69) is 0 Å². The Morgan fingerprint density at radius 1 is 1.53 bits per heavy atom. The first-order chi connectivity index (χ1) is 7.24. The molecule has 1 heterocycles. The van der Waals surface area contributed by atoms with E-state index in [0.717, 1.165) is 25.0 Å². The highest BCUT2D eigenvalue weighted by Crippen LogP contribution is 2.21. The van der Waals surface area contributed by atoms with Gasteiger partial charge in [0.05, 0.1) is 12.3 Å². The standard InChI is InChI=1S/C11H16N2O2/c1-15-6-5-13-10-4-2-3-8(10)7-9(12)11(13)14/h7H,2-6,12H2,1H3. The van der Waals surface area contributed by atoms with Gasteiger partial charge < -0.3 is 15.0 Å². The van der Waals surface area contributed by atoms with E-state index in [1.165, 1.54) is 5.56 Å². The van der Waals surface area contributed by atoms with Crippen LogP contribution in [-0.2, 0) is 24.1 Å². The normalized spacial score (nSPS) is 14.2. The molecule has 15 heavy (non-hydrogen) atoms. The van der Waals surface area contributed by atoms with Gasteiger partial charge in [0.15, 0.2) is 0 Å². The van der Waals surface area contributed by atoms with Crippen LogP contribution in [-0.4, -0.2) is 18.3 Å². The van der Waals surface area contributed by atoms with Gasteiger partial charge in [-0.1, -0.05) is 0 Å². The van der Waals surface area contributed by atoms with Crippen molar-refractivity contribution in [1.29, 1.82) is 0 Å². The highest BCUT2D eigenvalue weighted by Gasteiger charge is 2.17. The lowest BCUT2D eigenvalue weighted by molar-refractivity contribution is 0.185. The lowest BCUT2D eigenvalue weighted by Gasteiger charge is -2.12. The highest BCUT2D eigenvalue weighted by atomic mass is 16.5. The average molecular weight is 208 g/mol. The molecule has 0 spiro atoms. The molecule has 0 atom stereocenters. The summed E-state index contributed by atoms with van der Waals surface area (Å²) < 4.78 is 6.76. The molecule has 2 N–H and O–H groups in total. The van der Waals surface area contributed by atoms with Gasteiger partial charge in [-0.15, -0.1) is 0 Å². The first-order valence-electron chi connectivity index (χ1n) is 5.24. The number of hydrogen-bond acceptors (Lipinski definition) is 3. The van der Waals surface area contributed by atoms with Crippen molar-refractivity contribution in [2.75, 3.05) is 19.5 Å². The number of ether oxygens (including phenoxy) is 1. The molecule has 0 fully saturated rings. The summed E-state index contributed by atoms with van der Waals surface area (Å²) >= 11 is 0. The molecule has 0 bridgehead atoms. The lowest BCUT2D eigenvalue weighted by atomic mass is 10.2. The van der Waals surface area contributed by atoms with E-state index in [9.17, 15) is 4.79 Å². The van der Waals surface area contributed by atoms with Crippen LogP contribution < -0.4 is 11.3 Å². The lowest BCUT2D eigenvalue weighted by Crippen LogP contribution is -2.27. The zero-order chi connectivity index (χ0) is 10.8. The monoisotopic (exact) mass is 208 g/mol. The summed E-state index contributed by atoms with van der Waals surface area (Å²) in [5, 5.41) is 0. The van der Waals surface area contributed by atoms with Crippen LogP contribution in [0.1, 0.15) is 17.7 Å². The molecular weight excluding hydrogens is 192 g/mol. The van der Waals surface area contributed by atoms with Crippen molar-refractivity contribution in [3.63, 3.8) is 0 Å². The molecule has 0 amide bonds. The van der Waals surface area contributed by atoms with E-state index >= 15 is 0 Å². The van der Waals surface area contributed by atoms with Gasteiger partial charge in [-0.3, -0.25) is 4.79 Å². The van der Waals surface area contributed by atoms with Gasteiger partial charge in [0.2, 0.25) is 0 Å². The van der Waals surface area contributed by atoms with Gasteiger partial charge in [0, 0.05) is 19.3 Å². The predicted octanol–water partition coefficient (Wildman–Crippen LogP) is 0.566. The predicted molar refractivity (Wildman–Crippen MR) is 59.0 cm³/mol. The van der Waals surface area contributed by atoms with Crippen molar-refractivity contribution in [2.24, 2.45) is 0 Å². The Balaban J connectivity index is 2.46. The van der Waals surface area contributed by atoms with Crippen molar-refractivity contribution in [3.05, 3.63) is 27.7 Å². The van der Waals surface area contributed by atoms with Crippen molar-refractivity contribution >= 4 is 5.69 Å². The number of aryl methyl sites for hydroxylation is 1. The maximum atomic E-state index is 11.8. The van der Waals surface area contributed by atoms with E-state index < -0.39 is 0 Å². The zero-order valence-electron chi connectivity index (χ0n) is 8.95. The van der Waals surface area contributed by atoms with Gasteiger partial charge in [0.25, 0.3) is 5.56 Å². The molecular formula is C11H16N2O2. The van der Waals surface area contributed by atoms with Crippen molar-refractivity contribution in [1.82, 2.24) is 4.57 Å². The fourth-order valence-corrected chi connectivity index (χ4v) is 2.16. The average Bonchev–Trinajstić information content (AvgIpc) is 2.66. The molecule has 0 aromatic carbocycles. The van der Waals surface area contributed by atoms with E-state index in [-0.39, 0.29) is 5.56 Å². The van der Waals surface area contributed by atoms with Gasteiger partial charge in [-0.2, -0.15) is 0 Å². The SMILES string of the molecule is COCCn1c2c(cc(N)c1=O)CCC2. The molecule has 0 saturated carbocycles. The minimum absolute atomic E-state index is 0.0762. The third-order valence-electron chi connectivity index (χ3n) is 2.90. The third kappa shape index (κ3) is 1.77. The van der Waals surface area contributed by atoms with Gasteiger partial charge in [-0.05, 0) is 30.9 Å². The quantitative estimate of drug-likeness (QED) is 0.790. The number of rotatable bonds is 3. The van der Waals surface area contributed by atoms with Crippen LogP contribution >= 0.6 is 0 Å². The highest BCUT2D eigenvalue weighted by molar-refractivity contribution is 5.42. The number of pyridine rings is 1. The minimum atomic E-state index is -0.0762. The van der Waals surface area contributed by atoms with Crippen LogP contribution in [0.3, 0.4) is 0 Å². The number of hydrogen-bond donors (Lipinski definition) is 1. The molecule has 1 aromatic rings. The van der Waals surface area contributed by atoms with Crippen LogP contribution in [0.2, 0.25) is 0 Å². The zero-order valence-corrected chi connectivity index (χ0v) is 8.95. The summed E-state index contributed by atoms with van der Waals surface area (Å²) in [6.45, 7) is 1.15. The Morgan fingerprint density at radius 2 is 2.33 bits per heavy atom. The second-order valence-electron chi connectivity index (χ2n) is 3.87. The van der Waals surface area contributed by atoms with E-state index in [1.54, 1.807) is 11.7 Å². The Hall–Kier alpha value is -1.29. The van der Waals surface area contributed by atoms with Crippen molar-refractivity contribution < 1.29 is 4.74 Å². The summed E-state index contributed by atoms with van der Waals surface area (Å²) in [6, 6.07) is 1.83. The molecule has 1 aliphatic rings. The summed E-state index contributed by atoms with van der Waals surface area (Å²) in [7, 11) is 1.64. The summed E-state index contributed by atoms with van der Waals surface area (Å²) in [5.74, 6) is 0. The van der Waals surface area contributed by atoms with Crippen LogP contribution in [0, 0.1) is 0 Å². The van der Waals surface area contributed by atoms with Crippen molar-refractivity contribution in [3.8, 4) is 0 Å². The molecule has 4 heteroatoms. The maximum absolute atomic E-state index is 11.8. The molecule has 4 nitrogen and oxygen atoms in total. The minimum Gasteiger partial charge on any atom is -0.394 e. The number of anilines is 1. The molecule has 1 aliphatic carbocycles. The molecule has 1 aromatic heterocycles. The van der Waals surface area contributed by atoms with Gasteiger partial charge in [0.1, 0.15) is 0 Å². The molecule has 0 aliphatic heterocycles. The number of methoxy groups -OCH3 is 1. The summed E-state index contributed by atoms with van der Waals surface area (Å²) in [4.78, 5) is 11.8. The largest absolute Gasteiger partial charge is 0.394 e. The first kappa shape index (κ1) is 10.2. The molecule has 82 valence electrons. The van der Waals surface area contributed by atoms with Crippen LogP contribution in [0.15, 0.2) is 10.9 Å². The molecule has 0 unspecified atom stereocenters. The fourth-order valence-electron chi connectivity index (χ4n) is 2.16. The molecule has 2 rings (SSSR count). The number of nitrogens with zero attached hydrogens (tertiary/aromatic N) is 1. The summed E-state index contributed by atoms with van der Waals surface area (Å²) in [6.07, 6.45) is 3.13. The van der Waals surface area contributed by atoms with Gasteiger partial charge >= 0.3 is 0 Å². The smallest absolute Gasteiger partial charge is 0.273 e. The van der Waals surface area contributed by atoms with E-state index in [4.69, 9.17) is 10.5 Å². The Labute approximate surface area is 88.7 Å². The second-order valence-corrected chi connectivity index (χ2v) is 3.87. The first-order valence-corrected chi connectivity index (χ1v) is 5.24. The molecule has 0 saturated heterocycles. The van der Waals surface area contributed by atoms with E-state index in [0.29, 0.717) is 18.8 Å².